The number of aromatic nitrogens is 2. The largest absolute Gasteiger partial charge is 0.507 e. The van der Waals surface area contributed by atoms with Gasteiger partial charge in [-0.15, -0.1) is 0 Å². The predicted molar refractivity (Wildman–Crippen MR) is 113 cm³/mol. The third-order valence-corrected chi connectivity index (χ3v) is 5.45. The molecule has 1 aliphatic heterocycles. The first-order valence-electron chi connectivity index (χ1n) is 9.87. The Morgan fingerprint density at radius 3 is 2.63 bits per heavy atom. The average Bonchev–Trinajstić information content (AvgIpc) is 3.29. The summed E-state index contributed by atoms with van der Waals surface area (Å²) in [7, 11) is 3.27. The molecule has 1 aliphatic rings. The monoisotopic (exact) mass is 407 g/mol. The van der Waals surface area contributed by atoms with Crippen LogP contribution < -0.4 is 4.74 Å². The minimum atomic E-state index is -0.316. The molecule has 30 heavy (non-hydrogen) atoms. The Balaban J connectivity index is 1.84. The molecule has 1 aromatic heterocycles. The number of phenols is 1. The normalized spacial score (nSPS) is 15.5. The summed E-state index contributed by atoms with van der Waals surface area (Å²) in [5, 5.41) is 17.8. The van der Waals surface area contributed by atoms with E-state index in [0.717, 1.165) is 28.9 Å². The molecule has 2 N–H and O–H groups in total. The Labute approximate surface area is 175 Å². The fourth-order valence-electron chi connectivity index (χ4n) is 3.98. The molecule has 0 aliphatic carbocycles. The van der Waals surface area contributed by atoms with Crippen molar-refractivity contribution in [2.45, 2.75) is 19.4 Å². The van der Waals surface area contributed by atoms with E-state index in [9.17, 15) is 9.90 Å². The summed E-state index contributed by atoms with van der Waals surface area (Å²) in [4.78, 5) is 15.1. The Morgan fingerprint density at radius 2 is 1.93 bits per heavy atom. The van der Waals surface area contributed by atoms with Crippen LogP contribution in [0.15, 0.2) is 42.5 Å². The van der Waals surface area contributed by atoms with Gasteiger partial charge in [0.1, 0.15) is 22.9 Å². The van der Waals surface area contributed by atoms with Gasteiger partial charge in [-0.2, -0.15) is 5.10 Å². The van der Waals surface area contributed by atoms with Crippen LogP contribution in [0.25, 0.3) is 11.3 Å². The van der Waals surface area contributed by atoms with E-state index in [-0.39, 0.29) is 17.7 Å². The summed E-state index contributed by atoms with van der Waals surface area (Å²) < 4.78 is 10.5. The summed E-state index contributed by atoms with van der Waals surface area (Å²) in [6.45, 7) is 3.07. The summed E-state index contributed by atoms with van der Waals surface area (Å²) in [5.41, 5.74) is 4.40. The lowest BCUT2D eigenvalue weighted by molar-refractivity contribution is 0.0723. The maximum atomic E-state index is 13.2. The third-order valence-electron chi connectivity index (χ3n) is 5.45. The van der Waals surface area contributed by atoms with Crippen molar-refractivity contribution in [3.05, 3.63) is 64.8 Å². The lowest BCUT2D eigenvalue weighted by atomic mass is 9.95. The lowest BCUT2D eigenvalue weighted by Crippen LogP contribution is -2.31. The van der Waals surface area contributed by atoms with Crippen LogP contribution in [0.2, 0.25) is 0 Å². The zero-order chi connectivity index (χ0) is 21.3. The van der Waals surface area contributed by atoms with E-state index < -0.39 is 0 Å². The summed E-state index contributed by atoms with van der Waals surface area (Å²) in [6.07, 6.45) is 0.720. The highest BCUT2D eigenvalue weighted by atomic mass is 16.5. The van der Waals surface area contributed by atoms with Crippen molar-refractivity contribution >= 4 is 5.91 Å². The zero-order valence-electron chi connectivity index (χ0n) is 17.3. The van der Waals surface area contributed by atoms with E-state index in [1.807, 2.05) is 48.2 Å². The molecule has 0 bridgehead atoms. The fourth-order valence-corrected chi connectivity index (χ4v) is 3.98. The fraction of sp³-hybridized carbons (Fsp3) is 0.304. The van der Waals surface area contributed by atoms with Crippen molar-refractivity contribution in [1.29, 1.82) is 0 Å². The van der Waals surface area contributed by atoms with Crippen LogP contribution >= 0.6 is 0 Å². The topological polar surface area (TPSA) is 87.7 Å². The van der Waals surface area contributed by atoms with Crippen LogP contribution in [-0.4, -0.2) is 53.5 Å². The minimum Gasteiger partial charge on any atom is -0.507 e. The molecule has 156 valence electrons. The Morgan fingerprint density at radius 1 is 1.17 bits per heavy atom. The molecule has 0 saturated carbocycles. The molecule has 0 fully saturated rings. The molecular formula is C23H25N3O4. The predicted octanol–water partition coefficient (Wildman–Crippen LogP) is 3.68. The third kappa shape index (κ3) is 3.41. The number of ether oxygens (including phenoxy) is 2. The first-order chi connectivity index (χ1) is 14.5. The highest BCUT2D eigenvalue weighted by Crippen LogP contribution is 2.44. The van der Waals surface area contributed by atoms with Gasteiger partial charge in [0.2, 0.25) is 0 Å². The second-order valence-electron chi connectivity index (χ2n) is 7.40. The molecular weight excluding hydrogens is 382 g/mol. The number of H-pyrrole nitrogens is 1. The average molecular weight is 407 g/mol. The van der Waals surface area contributed by atoms with Crippen LogP contribution in [0.3, 0.4) is 0 Å². The van der Waals surface area contributed by atoms with E-state index in [0.29, 0.717) is 30.1 Å². The van der Waals surface area contributed by atoms with E-state index >= 15 is 0 Å². The molecule has 0 unspecified atom stereocenters. The van der Waals surface area contributed by atoms with Gasteiger partial charge in [-0.25, -0.2) is 0 Å². The number of aromatic hydroxyl groups is 1. The van der Waals surface area contributed by atoms with Gasteiger partial charge >= 0.3 is 0 Å². The quantitative estimate of drug-likeness (QED) is 0.584. The summed E-state index contributed by atoms with van der Waals surface area (Å²) >= 11 is 0. The van der Waals surface area contributed by atoms with E-state index in [2.05, 4.69) is 10.2 Å². The molecule has 0 saturated heterocycles. The minimum absolute atomic E-state index is 0.104. The van der Waals surface area contributed by atoms with Crippen LogP contribution in [0.4, 0.5) is 0 Å². The first-order valence-corrected chi connectivity index (χ1v) is 9.87. The number of rotatable bonds is 7. The van der Waals surface area contributed by atoms with Crippen molar-refractivity contribution < 1.29 is 19.4 Å². The molecule has 2 aromatic carbocycles. The Hall–Kier alpha value is -3.32. The standard InChI is InChI=1S/C23H25N3O4/c1-14-5-10-18(27)17(13-14)20-19-21(25-24-20)23(28)26(11-4-12-29-2)22(19)15-6-8-16(30-3)9-7-15/h5-10,13,22,27H,4,11-12H2,1-3H3,(H,24,25)/t22-/m1/s1. The SMILES string of the molecule is COCCCN1C(=O)c2[nH]nc(-c3cc(C)ccc3O)c2[C@H]1c1ccc(OC)cc1. The second-order valence-corrected chi connectivity index (χ2v) is 7.40. The van der Waals surface area contributed by atoms with Gasteiger partial charge in [-0.05, 0) is 43.2 Å². The molecule has 2 heterocycles. The first kappa shape index (κ1) is 20.0. The molecule has 1 atom stereocenters. The number of benzene rings is 2. The number of nitrogens with one attached hydrogen (secondary N) is 1. The van der Waals surface area contributed by atoms with Crippen LogP contribution in [-0.2, 0) is 4.74 Å². The van der Waals surface area contributed by atoms with Crippen molar-refractivity contribution in [3.8, 4) is 22.8 Å². The number of hydrogen-bond donors (Lipinski definition) is 2. The van der Waals surface area contributed by atoms with E-state index in [4.69, 9.17) is 9.47 Å². The van der Waals surface area contributed by atoms with Gasteiger partial charge in [0.15, 0.2) is 0 Å². The number of amides is 1. The second kappa shape index (κ2) is 8.20. The molecule has 0 spiro atoms. The van der Waals surface area contributed by atoms with Gasteiger partial charge in [-0.3, -0.25) is 9.89 Å². The molecule has 7 heteroatoms. The van der Waals surface area contributed by atoms with Crippen molar-refractivity contribution in [2.24, 2.45) is 0 Å². The molecule has 0 radical (unpaired) electrons. The van der Waals surface area contributed by atoms with Crippen LogP contribution in [0.5, 0.6) is 11.5 Å². The van der Waals surface area contributed by atoms with E-state index in [1.165, 1.54) is 0 Å². The number of methoxy groups -OCH3 is 2. The van der Waals surface area contributed by atoms with Crippen molar-refractivity contribution in [2.75, 3.05) is 27.4 Å². The number of phenolic OH excluding ortho intramolecular Hbond substituents is 1. The van der Waals surface area contributed by atoms with Crippen molar-refractivity contribution in [3.63, 3.8) is 0 Å². The highest BCUT2D eigenvalue weighted by Gasteiger charge is 2.42. The van der Waals surface area contributed by atoms with Crippen LogP contribution in [0, 0.1) is 6.92 Å². The van der Waals surface area contributed by atoms with E-state index in [1.54, 1.807) is 20.3 Å². The number of carbonyl (C=O) groups is 1. The Kier molecular flexibility index (Phi) is 5.46. The number of aryl methyl sites for hydroxylation is 1. The number of aromatic amines is 1. The lowest BCUT2D eigenvalue weighted by Gasteiger charge is -2.26. The molecule has 4 rings (SSSR count). The highest BCUT2D eigenvalue weighted by molar-refractivity contribution is 6.00. The summed E-state index contributed by atoms with van der Waals surface area (Å²) in [6, 6.07) is 12.8. The smallest absolute Gasteiger partial charge is 0.273 e. The molecule has 7 nitrogen and oxygen atoms in total. The number of nitrogens with zero attached hydrogens (tertiary/aromatic N) is 2. The maximum Gasteiger partial charge on any atom is 0.273 e. The molecule has 1 amide bonds. The van der Waals surface area contributed by atoms with Gasteiger partial charge in [0, 0.05) is 31.4 Å². The number of carbonyl (C=O) groups excluding carboxylic acids is 1. The van der Waals surface area contributed by atoms with Crippen molar-refractivity contribution in [1.82, 2.24) is 15.1 Å². The molecule has 3 aromatic rings. The maximum absolute atomic E-state index is 13.2. The summed E-state index contributed by atoms with van der Waals surface area (Å²) in [5.74, 6) is 0.777. The van der Waals surface area contributed by atoms with Gasteiger partial charge in [-0.1, -0.05) is 23.8 Å². The van der Waals surface area contributed by atoms with Crippen LogP contribution in [0.1, 0.15) is 39.6 Å². The van der Waals surface area contributed by atoms with Gasteiger partial charge in [0.25, 0.3) is 5.91 Å². The zero-order valence-corrected chi connectivity index (χ0v) is 17.3. The van der Waals surface area contributed by atoms with Gasteiger partial charge < -0.3 is 19.5 Å². The number of hydrogen-bond acceptors (Lipinski definition) is 5. The van der Waals surface area contributed by atoms with Gasteiger partial charge in [0.05, 0.1) is 13.2 Å². The Bertz CT molecular complexity index is 1060. The number of fused-ring (bicyclic) bond motifs is 1.